The number of hydrogen-bond acceptors (Lipinski definition) is 4. The summed E-state index contributed by atoms with van der Waals surface area (Å²) in [6.45, 7) is 4.08. The SMILES string of the molecule is c1sc(C2CCCCC2)nc1COCCCCCCC1CCCCNC1. The highest BCUT2D eigenvalue weighted by Gasteiger charge is 2.18. The molecule has 148 valence electrons. The molecular formula is C22H38N2OS. The number of unbranched alkanes of at least 4 members (excludes halogenated alkanes) is 3. The Hall–Kier alpha value is -0.450. The number of thiazole rings is 1. The van der Waals surface area contributed by atoms with E-state index in [0.717, 1.165) is 24.1 Å². The molecule has 1 N–H and O–H groups in total. The van der Waals surface area contributed by atoms with Gasteiger partial charge in [0, 0.05) is 17.9 Å². The fourth-order valence-electron chi connectivity index (χ4n) is 4.43. The lowest BCUT2D eigenvalue weighted by Gasteiger charge is -2.18. The minimum absolute atomic E-state index is 0.705. The summed E-state index contributed by atoms with van der Waals surface area (Å²) in [6.07, 6.45) is 17.8. The Morgan fingerprint density at radius 3 is 2.77 bits per heavy atom. The van der Waals surface area contributed by atoms with E-state index in [2.05, 4.69) is 10.7 Å². The van der Waals surface area contributed by atoms with Crippen LogP contribution in [0.15, 0.2) is 5.38 Å². The molecule has 4 heteroatoms. The van der Waals surface area contributed by atoms with Crippen molar-refractivity contribution in [1.82, 2.24) is 10.3 Å². The fourth-order valence-corrected chi connectivity index (χ4v) is 5.41. The molecule has 1 saturated heterocycles. The summed E-state index contributed by atoms with van der Waals surface area (Å²) in [7, 11) is 0. The molecule has 26 heavy (non-hydrogen) atoms. The molecule has 0 amide bonds. The number of ether oxygens (including phenoxy) is 1. The zero-order valence-corrected chi connectivity index (χ0v) is 17.3. The maximum absolute atomic E-state index is 5.87. The molecular weight excluding hydrogens is 340 g/mol. The van der Waals surface area contributed by atoms with Crippen molar-refractivity contribution in [1.29, 1.82) is 0 Å². The van der Waals surface area contributed by atoms with Gasteiger partial charge in [0.05, 0.1) is 17.3 Å². The summed E-state index contributed by atoms with van der Waals surface area (Å²) in [6, 6.07) is 0. The van der Waals surface area contributed by atoms with Crippen LogP contribution >= 0.6 is 11.3 Å². The molecule has 2 fully saturated rings. The minimum atomic E-state index is 0.705. The van der Waals surface area contributed by atoms with Gasteiger partial charge in [0.1, 0.15) is 0 Å². The third kappa shape index (κ3) is 7.28. The fraction of sp³-hybridized carbons (Fsp3) is 0.864. The highest BCUT2D eigenvalue weighted by Crippen LogP contribution is 2.34. The van der Waals surface area contributed by atoms with Crippen molar-refractivity contribution < 1.29 is 4.74 Å². The second kappa shape index (κ2) is 12.1. The monoisotopic (exact) mass is 378 g/mol. The average molecular weight is 379 g/mol. The van der Waals surface area contributed by atoms with E-state index in [0.29, 0.717) is 6.61 Å². The number of nitrogens with one attached hydrogen (secondary N) is 1. The predicted octanol–water partition coefficient (Wildman–Crippen LogP) is 6.05. The lowest BCUT2D eigenvalue weighted by atomic mass is 9.90. The molecule has 2 heterocycles. The highest BCUT2D eigenvalue weighted by atomic mass is 32.1. The third-order valence-electron chi connectivity index (χ3n) is 6.07. The van der Waals surface area contributed by atoms with Gasteiger partial charge in [-0.3, -0.25) is 0 Å². The summed E-state index contributed by atoms with van der Waals surface area (Å²) in [5, 5.41) is 7.15. The first-order chi connectivity index (χ1) is 12.9. The van der Waals surface area contributed by atoms with Crippen LogP contribution in [-0.4, -0.2) is 24.7 Å². The van der Waals surface area contributed by atoms with Gasteiger partial charge in [-0.25, -0.2) is 4.98 Å². The van der Waals surface area contributed by atoms with E-state index < -0.39 is 0 Å². The van der Waals surface area contributed by atoms with E-state index in [9.17, 15) is 0 Å². The largest absolute Gasteiger partial charge is 0.375 e. The lowest BCUT2D eigenvalue weighted by molar-refractivity contribution is 0.114. The minimum Gasteiger partial charge on any atom is -0.375 e. The molecule has 1 atom stereocenters. The van der Waals surface area contributed by atoms with Gasteiger partial charge in [-0.05, 0) is 57.5 Å². The van der Waals surface area contributed by atoms with Crippen molar-refractivity contribution >= 4 is 11.3 Å². The summed E-state index contributed by atoms with van der Waals surface area (Å²) >= 11 is 1.85. The Labute approximate surface area is 164 Å². The Morgan fingerprint density at radius 1 is 1.00 bits per heavy atom. The topological polar surface area (TPSA) is 34.1 Å². The van der Waals surface area contributed by atoms with E-state index in [1.165, 1.54) is 102 Å². The maximum atomic E-state index is 5.87. The van der Waals surface area contributed by atoms with Gasteiger partial charge < -0.3 is 10.1 Å². The number of nitrogens with zero attached hydrogens (tertiary/aromatic N) is 1. The van der Waals surface area contributed by atoms with Gasteiger partial charge in [0.15, 0.2) is 0 Å². The van der Waals surface area contributed by atoms with Crippen LogP contribution in [0.5, 0.6) is 0 Å². The molecule has 2 aliphatic rings. The molecule has 1 aliphatic carbocycles. The van der Waals surface area contributed by atoms with Crippen molar-refractivity contribution in [3.8, 4) is 0 Å². The van der Waals surface area contributed by atoms with Gasteiger partial charge >= 0.3 is 0 Å². The Balaban J connectivity index is 1.19. The van der Waals surface area contributed by atoms with E-state index in [-0.39, 0.29) is 0 Å². The van der Waals surface area contributed by atoms with Gasteiger partial charge in [-0.2, -0.15) is 0 Å². The molecule has 1 saturated carbocycles. The van der Waals surface area contributed by atoms with Crippen LogP contribution in [0.4, 0.5) is 0 Å². The molecule has 3 nitrogen and oxygen atoms in total. The normalized spacial score (nSPS) is 22.4. The molecule has 0 bridgehead atoms. The van der Waals surface area contributed by atoms with Crippen LogP contribution in [0, 0.1) is 5.92 Å². The summed E-state index contributed by atoms with van der Waals surface area (Å²) in [5.74, 6) is 1.66. The number of aromatic nitrogens is 1. The average Bonchev–Trinajstić information content (AvgIpc) is 3.00. The van der Waals surface area contributed by atoms with Crippen molar-refractivity contribution in [2.75, 3.05) is 19.7 Å². The number of rotatable bonds is 10. The second-order valence-corrected chi connectivity index (χ2v) is 9.22. The van der Waals surface area contributed by atoms with Crippen LogP contribution in [0.1, 0.15) is 100 Å². The Morgan fingerprint density at radius 2 is 1.85 bits per heavy atom. The first kappa shape index (κ1) is 20.3. The summed E-state index contributed by atoms with van der Waals surface area (Å²) in [4.78, 5) is 4.83. The van der Waals surface area contributed by atoms with Crippen LogP contribution in [-0.2, 0) is 11.3 Å². The molecule has 3 rings (SSSR count). The molecule has 1 unspecified atom stereocenters. The van der Waals surface area contributed by atoms with Crippen molar-refractivity contribution in [2.45, 2.75) is 96.0 Å². The zero-order valence-electron chi connectivity index (χ0n) is 16.5. The quantitative estimate of drug-likeness (QED) is 0.503. The predicted molar refractivity (Wildman–Crippen MR) is 111 cm³/mol. The second-order valence-electron chi connectivity index (χ2n) is 8.33. The van der Waals surface area contributed by atoms with E-state index >= 15 is 0 Å². The van der Waals surface area contributed by atoms with Crippen molar-refractivity contribution in [3.05, 3.63) is 16.1 Å². The third-order valence-corrected chi connectivity index (χ3v) is 7.13. The van der Waals surface area contributed by atoms with Crippen LogP contribution in [0.2, 0.25) is 0 Å². The smallest absolute Gasteiger partial charge is 0.0960 e. The van der Waals surface area contributed by atoms with Gasteiger partial charge in [-0.1, -0.05) is 44.9 Å². The number of hydrogen-bond donors (Lipinski definition) is 1. The molecule has 1 aromatic heterocycles. The van der Waals surface area contributed by atoms with E-state index in [1.54, 1.807) is 0 Å². The van der Waals surface area contributed by atoms with Gasteiger partial charge in [0.2, 0.25) is 0 Å². The summed E-state index contributed by atoms with van der Waals surface area (Å²) in [5.41, 5.74) is 1.15. The highest BCUT2D eigenvalue weighted by molar-refractivity contribution is 7.09. The van der Waals surface area contributed by atoms with Gasteiger partial charge in [-0.15, -0.1) is 11.3 Å². The van der Waals surface area contributed by atoms with E-state index in [1.807, 2.05) is 11.3 Å². The maximum Gasteiger partial charge on any atom is 0.0960 e. The molecule has 0 aromatic carbocycles. The Kier molecular flexibility index (Phi) is 9.44. The Bertz CT molecular complexity index is 476. The standard InChI is InChI=1S/C22H38N2OS/c1(4-10-19-11-7-8-14-23-16-19)2-9-15-25-17-21-18-26-22(24-21)20-12-5-3-6-13-20/h18-20,23H,1-17H2. The van der Waals surface area contributed by atoms with Crippen LogP contribution < -0.4 is 5.32 Å². The first-order valence-corrected chi connectivity index (χ1v) is 12.0. The molecule has 0 radical (unpaired) electrons. The van der Waals surface area contributed by atoms with Crippen LogP contribution in [0.3, 0.4) is 0 Å². The zero-order chi connectivity index (χ0) is 17.9. The van der Waals surface area contributed by atoms with Crippen molar-refractivity contribution in [3.63, 3.8) is 0 Å². The molecule has 1 aromatic rings. The lowest BCUT2D eigenvalue weighted by Crippen LogP contribution is -2.20. The molecule has 0 spiro atoms. The van der Waals surface area contributed by atoms with E-state index in [4.69, 9.17) is 9.72 Å². The van der Waals surface area contributed by atoms with Crippen LogP contribution in [0.25, 0.3) is 0 Å². The van der Waals surface area contributed by atoms with Crippen molar-refractivity contribution in [2.24, 2.45) is 5.92 Å². The first-order valence-electron chi connectivity index (χ1n) is 11.1. The molecule has 1 aliphatic heterocycles. The summed E-state index contributed by atoms with van der Waals surface area (Å²) < 4.78 is 5.87. The van der Waals surface area contributed by atoms with Gasteiger partial charge in [0.25, 0.3) is 0 Å².